The fraction of sp³-hybridized carbons (Fsp3) is 0.553. The van der Waals surface area contributed by atoms with Gasteiger partial charge in [0.05, 0.1) is 0 Å². The minimum atomic E-state index is 0. The number of hydrogen-bond acceptors (Lipinski definition) is 6. The first kappa shape index (κ1) is 75.4. The summed E-state index contributed by atoms with van der Waals surface area (Å²) in [7, 11) is 0. The summed E-state index contributed by atoms with van der Waals surface area (Å²) in [6.07, 6.45) is 17.5. The Balaban J connectivity index is -0.0000000469. The number of allylic oxidation sites excluding steroid dienone is 3. The molecular weight excluding hydrogens is 996 g/mol. The van der Waals surface area contributed by atoms with Crippen molar-refractivity contribution < 1.29 is 200 Å². The van der Waals surface area contributed by atoms with Crippen LogP contribution in [0.3, 0.4) is 0 Å². The Morgan fingerprint density at radius 2 is 1.21 bits per heavy atom. The summed E-state index contributed by atoms with van der Waals surface area (Å²) in [5.74, 6) is 1.98. The molecule has 2 N–H and O–H groups in total. The van der Waals surface area contributed by atoms with Gasteiger partial charge in [-0.2, -0.15) is 11.8 Å². The van der Waals surface area contributed by atoms with Crippen molar-refractivity contribution in [3.05, 3.63) is 80.0 Å². The molecular formula is C38H64O6Rb2WY-4. The van der Waals surface area contributed by atoms with Crippen LogP contribution in [-0.2, 0) is 73.0 Å². The molecule has 0 bridgehead atoms. The number of aldehydes is 2. The van der Waals surface area contributed by atoms with Gasteiger partial charge in [-0.1, -0.05) is 77.6 Å². The molecule has 4 unspecified atom stereocenters. The summed E-state index contributed by atoms with van der Waals surface area (Å²) in [4.78, 5) is 40.8. The first-order valence-corrected chi connectivity index (χ1v) is 15.3. The van der Waals surface area contributed by atoms with Gasteiger partial charge >= 0.3 is 116 Å². The molecule has 0 aliphatic rings. The predicted octanol–water partition coefficient (Wildman–Crippen LogP) is 3.58. The van der Waals surface area contributed by atoms with Crippen LogP contribution >= 0.6 is 0 Å². The summed E-state index contributed by atoms with van der Waals surface area (Å²) in [6.45, 7) is 28.1. The normalized spacial score (nSPS) is 10.8. The van der Waals surface area contributed by atoms with Gasteiger partial charge in [0.15, 0.2) is 0 Å². The van der Waals surface area contributed by atoms with Crippen LogP contribution in [0, 0.1) is 63.9 Å². The maximum Gasteiger partial charge on any atom is 1.00 e. The minimum absolute atomic E-state index is 0. The van der Waals surface area contributed by atoms with Crippen LogP contribution in [0.5, 0.6) is 0 Å². The van der Waals surface area contributed by atoms with Crippen molar-refractivity contribution in [1.82, 2.24) is 0 Å². The summed E-state index contributed by atoms with van der Waals surface area (Å²) >= 11 is 0. The smallest absolute Gasteiger partial charge is 0.870 e. The molecule has 48 heavy (non-hydrogen) atoms. The van der Waals surface area contributed by atoms with Crippen molar-refractivity contribution in [3.63, 3.8) is 0 Å². The van der Waals surface area contributed by atoms with Crippen molar-refractivity contribution in [2.24, 2.45) is 23.7 Å². The minimum Gasteiger partial charge on any atom is -0.870 e. The second kappa shape index (κ2) is 58.7. The van der Waals surface area contributed by atoms with Crippen LogP contribution < -0.4 is 116 Å². The number of hydrogen-bond donors (Lipinski definition) is 0. The van der Waals surface area contributed by atoms with E-state index in [9.17, 15) is 19.2 Å². The van der Waals surface area contributed by atoms with Gasteiger partial charge in [-0.25, -0.2) is 18.6 Å². The molecule has 0 fully saturated rings. The standard InChI is InChI=1S/C11H19O.C9H15O2.C8H10.C5H10O.C5H8.2H2O.2Rb.W.Y/c1-4-5-7-10(2)8-6-9-11(3)12;1-8(6-7-10)4-3-5-9(2)11;1-7-5-3-4-6-8(7)2;1-3-5(2)4-6;1-4-5(2)3;;;;;;/h4-5,7,10H,6,8-9H2,1-3H3;6-8H,3-5H2,1-2H3;3-6H,1-2H3;4-5H,3H2,1-2H3;1,4-5H,2H2,3H3;2*1H2;;;;/q2*-1;;;-2;;;2*+1;;/p-2/b5-4+;;;;;;;;;;. The van der Waals surface area contributed by atoms with Crippen LogP contribution in [0.25, 0.3) is 0 Å². The fourth-order valence-electron chi connectivity index (χ4n) is 2.73. The fourth-order valence-corrected chi connectivity index (χ4v) is 2.73. The summed E-state index contributed by atoms with van der Waals surface area (Å²) in [5.41, 5.74) is 2.74. The molecule has 1 rings (SSSR count). The van der Waals surface area contributed by atoms with E-state index in [1.165, 1.54) is 11.1 Å². The summed E-state index contributed by atoms with van der Waals surface area (Å²) < 4.78 is 0. The monoisotopic (exact) mass is 1060 g/mol. The Morgan fingerprint density at radius 3 is 1.42 bits per heavy atom. The molecule has 0 saturated heterocycles. The van der Waals surface area contributed by atoms with Crippen LogP contribution in [-0.4, -0.2) is 35.1 Å². The Kier molecular flexibility index (Phi) is 92.3. The molecule has 6 nitrogen and oxygen atoms in total. The molecule has 0 saturated carbocycles. The van der Waals surface area contributed by atoms with Crippen molar-refractivity contribution in [3.8, 4) is 0 Å². The Hall–Kier alpha value is 2.44. The maximum atomic E-state index is 10.6. The first-order valence-electron chi connectivity index (χ1n) is 15.3. The maximum absolute atomic E-state index is 10.6. The number of carbonyl (C=O) groups is 4. The van der Waals surface area contributed by atoms with E-state index in [-0.39, 0.29) is 199 Å². The predicted molar refractivity (Wildman–Crippen MR) is 186 cm³/mol. The van der Waals surface area contributed by atoms with Crippen molar-refractivity contribution in [1.29, 1.82) is 0 Å². The number of aryl methyl sites for hydroxylation is 2. The Morgan fingerprint density at radius 1 is 0.854 bits per heavy atom. The largest absolute Gasteiger partial charge is 1.00 e. The Bertz CT molecular complexity index is 833. The summed E-state index contributed by atoms with van der Waals surface area (Å²) in [5, 5.41) is 0. The van der Waals surface area contributed by atoms with Gasteiger partial charge in [0.1, 0.15) is 17.9 Å². The summed E-state index contributed by atoms with van der Waals surface area (Å²) in [6, 6.07) is 8.36. The average molecular weight is 1060 g/mol. The van der Waals surface area contributed by atoms with Gasteiger partial charge < -0.3 is 50.1 Å². The van der Waals surface area contributed by atoms with E-state index in [4.69, 9.17) is 6.58 Å². The molecule has 0 aliphatic carbocycles. The third kappa shape index (κ3) is 73.8. The topological polar surface area (TPSA) is 128 Å². The number of rotatable bonds is 15. The third-order valence-electron chi connectivity index (χ3n) is 6.05. The zero-order valence-electron chi connectivity index (χ0n) is 32.4. The first-order chi connectivity index (χ1) is 19.7. The van der Waals surface area contributed by atoms with Gasteiger partial charge in [-0.15, -0.1) is 6.92 Å². The molecule has 10 heteroatoms. The van der Waals surface area contributed by atoms with Gasteiger partial charge in [0.25, 0.3) is 0 Å². The van der Waals surface area contributed by atoms with Crippen molar-refractivity contribution >= 4 is 24.1 Å². The number of carbonyl (C=O) groups excluding carboxylic acids is 4. The zero-order chi connectivity index (χ0) is 33.3. The molecule has 0 heterocycles. The number of ketones is 2. The molecule has 0 aromatic heterocycles. The molecule has 0 aliphatic heterocycles. The van der Waals surface area contributed by atoms with Crippen LogP contribution in [0.15, 0.2) is 42.5 Å². The van der Waals surface area contributed by atoms with Crippen molar-refractivity contribution in [2.45, 2.75) is 114 Å². The molecule has 4 atom stereocenters. The SMILES string of the molecule is C/C=C/[CH-]C(C)CCCC(C)=O.CC(=O)CCCC(C)[CH-]C=O.CCC(C)C=O.Cc1ccccc1C.[CH-]=CC([CH2-])C.[OH-].[OH-].[Rb+].[Rb+].[W].[Y]. The molecule has 1 radical (unpaired) electrons. The third-order valence-corrected chi connectivity index (χ3v) is 6.05. The Labute approximate surface area is 434 Å². The second-order valence-corrected chi connectivity index (χ2v) is 11.0. The molecule has 0 amide bonds. The molecule has 0 spiro atoms. The van der Waals surface area contributed by atoms with E-state index in [0.717, 1.165) is 51.1 Å². The van der Waals surface area contributed by atoms with Gasteiger partial charge in [0.2, 0.25) is 0 Å². The molecule has 1 aromatic rings. The van der Waals surface area contributed by atoms with Gasteiger partial charge in [0, 0.05) is 72.5 Å². The van der Waals surface area contributed by atoms with E-state index < -0.39 is 0 Å². The second-order valence-electron chi connectivity index (χ2n) is 11.0. The van der Waals surface area contributed by atoms with E-state index in [1.807, 2.05) is 40.7 Å². The molecule has 267 valence electrons. The van der Waals surface area contributed by atoms with Crippen LogP contribution in [0.1, 0.15) is 111 Å². The van der Waals surface area contributed by atoms with E-state index >= 15 is 0 Å². The van der Waals surface area contributed by atoms with Crippen LogP contribution in [0.2, 0.25) is 0 Å². The average Bonchev–Trinajstić information content (AvgIpc) is 2.94. The van der Waals surface area contributed by atoms with E-state index in [1.54, 1.807) is 26.3 Å². The molecule has 1 aromatic carbocycles. The van der Waals surface area contributed by atoms with Gasteiger partial charge in [-0.3, -0.25) is 6.08 Å². The van der Waals surface area contributed by atoms with E-state index in [0.29, 0.717) is 24.0 Å². The quantitative estimate of drug-likeness (QED) is 0.196. The number of Topliss-reactive ketones (excluding diaryl/α,β-unsaturated/α-hetero) is 2. The van der Waals surface area contributed by atoms with Gasteiger partial charge in [-0.05, 0) is 64.4 Å². The van der Waals surface area contributed by atoms with E-state index in [2.05, 4.69) is 64.5 Å². The zero-order valence-corrected chi connectivity index (χ0v) is 48.0. The van der Waals surface area contributed by atoms with Crippen molar-refractivity contribution in [2.75, 3.05) is 0 Å². The number of benzene rings is 1. The van der Waals surface area contributed by atoms with Crippen LogP contribution in [0.4, 0.5) is 0 Å².